The zero-order valence-corrected chi connectivity index (χ0v) is 8.97. The maximum absolute atomic E-state index is 13.0. The van der Waals surface area contributed by atoms with Gasteiger partial charge in [0.25, 0.3) is 0 Å². The predicted molar refractivity (Wildman–Crippen MR) is 65.0 cm³/mol. The summed E-state index contributed by atoms with van der Waals surface area (Å²) in [5.41, 5.74) is 8.80. The number of aromatic nitrogens is 2. The highest BCUT2D eigenvalue weighted by molar-refractivity contribution is 5.75. The average molecular weight is 227 g/mol. The van der Waals surface area contributed by atoms with Crippen molar-refractivity contribution in [1.82, 2.24) is 9.38 Å². The second kappa shape index (κ2) is 3.59. The number of nitrogen functional groups attached to an aromatic ring is 1. The van der Waals surface area contributed by atoms with Gasteiger partial charge in [-0.15, -0.1) is 0 Å². The van der Waals surface area contributed by atoms with Gasteiger partial charge in [0.05, 0.1) is 5.69 Å². The number of halogens is 1. The number of imidazole rings is 1. The quantitative estimate of drug-likeness (QED) is 0.649. The molecule has 0 unspecified atom stereocenters. The maximum atomic E-state index is 13.0. The van der Waals surface area contributed by atoms with E-state index in [0.29, 0.717) is 5.69 Å². The normalized spacial score (nSPS) is 10.9. The first kappa shape index (κ1) is 9.84. The molecule has 0 aliphatic rings. The van der Waals surface area contributed by atoms with Crippen LogP contribution < -0.4 is 5.73 Å². The van der Waals surface area contributed by atoms with Crippen LogP contribution in [0.4, 0.5) is 10.1 Å². The lowest BCUT2D eigenvalue weighted by atomic mass is 10.1. The van der Waals surface area contributed by atoms with Crippen molar-refractivity contribution in [2.45, 2.75) is 0 Å². The molecule has 0 saturated carbocycles. The highest BCUT2D eigenvalue weighted by atomic mass is 19.1. The molecular formula is C13H10FN3. The molecule has 1 aromatic carbocycles. The van der Waals surface area contributed by atoms with E-state index in [1.807, 2.05) is 28.8 Å². The van der Waals surface area contributed by atoms with Gasteiger partial charge in [0.15, 0.2) is 0 Å². The Kier molecular flexibility index (Phi) is 2.08. The second-order valence-electron chi connectivity index (χ2n) is 3.80. The van der Waals surface area contributed by atoms with Crippen molar-refractivity contribution in [3.05, 3.63) is 54.6 Å². The van der Waals surface area contributed by atoms with Crippen molar-refractivity contribution < 1.29 is 4.39 Å². The minimum Gasteiger partial charge on any atom is -0.398 e. The van der Waals surface area contributed by atoms with Crippen molar-refractivity contribution in [2.75, 3.05) is 5.73 Å². The molecular weight excluding hydrogens is 217 g/mol. The van der Waals surface area contributed by atoms with E-state index in [4.69, 9.17) is 5.73 Å². The van der Waals surface area contributed by atoms with E-state index in [1.54, 1.807) is 12.3 Å². The number of pyridine rings is 1. The molecule has 3 aromatic rings. The summed E-state index contributed by atoms with van der Waals surface area (Å²) in [5, 5.41) is 0. The maximum Gasteiger partial charge on any atom is 0.137 e. The molecule has 17 heavy (non-hydrogen) atoms. The van der Waals surface area contributed by atoms with E-state index in [2.05, 4.69) is 4.98 Å². The van der Waals surface area contributed by atoms with Crippen LogP contribution >= 0.6 is 0 Å². The van der Waals surface area contributed by atoms with E-state index in [9.17, 15) is 4.39 Å². The molecule has 0 radical (unpaired) electrons. The highest BCUT2D eigenvalue weighted by Gasteiger charge is 2.07. The predicted octanol–water partition coefficient (Wildman–Crippen LogP) is 2.72. The van der Waals surface area contributed by atoms with Gasteiger partial charge >= 0.3 is 0 Å². The third-order valence-corrected chi connectivity index (χ3v) is 2.72. The summed E-state index contributed by atoms with van der Waals surface area (Å²) >= 11 is 0. The van der Waals surface area contributed by atoms with Gasteiger partial charge in [0.2, 0.25) is 0 Å². The number of hydrogen-bond acceptors (Lipinski definition) is 2. The molecule has 3 nitrogen and oxygen atoms in total. The third-order valence-electron chi connectivity index (χ3n) is 2.72. The number of benzene rings is 1. The van der Waals surface area contributed by atoms with Crippen LogP contribution in [0.15, 0.2) is 48.8 Å². The summed E-state index contributed by atoms with van der Waals surface area (Å²) in [4.78, 5) is 4.20. The summed E-state index contributed by atoms with van der Waals surface area (Å²) in [6.45, 7) is 0. The van der Waals surface area contributed by atoms with Crippen molar-refractivity contribution in [2.24, 2.45) is 0 Å². The molecule has 84 valence electrons. The standard InChI is InChI=1S/C13H10FN3/c14-9-4-5-10(11(15)8-9)12-2-1-3-13-16-6-7-17(12)13/h1-8H,15H2. The van der Waals surface area contributed by atoms with Crippen LogP contribution in [0.5, 0.6) is 0 Å². The van der Waals surface area contributed by atoms with Crippen LogP contribution in [0, 0.1) is 5.82 Å². The number of nitrogens with two attached hydrogens (primary N) is 1. The number of anilines is 1. The Morgan fingerprint density at radius 3 is 2.88 bits per heavy atom. The third kappa shape index (κ3) is 1.54. The topological polar surface area (TPSA) is 43.3 Å². The lowest BCUT2D eigenvalue weighted by molar-refractivity contribution is 0.628. The fourth-order valence-corrected chi connectivity index (χ4v) is 1.93. The monoisotopic (exact) mass is 227 g/mol. The summed E-state index contributed by atoms with van der Waals surface area (Å²) in [5.74, 6) is -0.330. The summed E-state index contributed by atoms with van der Waals surface area (Å²) in [6, 6.07) is 10.1. The number of hydrogen-bond donors (Lipinski definition) is 1. The van der Waals surface area contributed by atoms with Crippen LogP contribution in [0.25, 0.3) is 16.9 Å². The molecule has 2 heterocycles. The summed E-state index contributed by atoms with van der Waals surface area (Å²) in [7, 11) is 0. The Balaban J connectivity index is 2.30. The van der Waals surface area contributed by atoms with Crippen molar-refractivity contribution in [1.29, 1.82) is 0 Å². The molecule has 2 N–H and O–H groups in total. The molecule has 0 fully saturated rings. The lowest BCUT2D eigenvalue weighted by Gasteiger charge is -2.08. The van der Waals surface area contributed by atoms with Crippen LogP contribution in [0.3, 0.4) is 0 Å². The SMILES string of the molecule is Nc1cc(F)ccc1-c1cccc2nccn12. The van der Waals surface area contributed by atoms with Crippen molar-refractivity contribution >= 4 is 11.3 Å². The Morgan fingerprint density at radius 2 is 2.06 bits per heavy atom. The van der Waals surface area contributed by atoms with Gasteiger partial charge in [-0.3, -0.25) is 4.40 Å². The van der Waals surface area contributed by atoms with E-state index in [1.165, 1.54) is 12.1 Å². The molecule has 0 atom stereocenters. The van der Waals surface area contributed by atoms with E-state index in [-0.39, 0.29) is 5.82 Å². The molecule has 0 saturated heterocycles. The van der Waals surface area contributed by atoms with Gasteiger partial charge in [-0.1, -0.05) is 6.07 Å². The average Bonchev–Trinajstić information content (AvgIpc) is 2.77. The molecule has 3 rings (SSSR count). The van der Waals surface area contributed by atoms with Gasteiger partial charge in [-0.25, -0.2) is 9.37 Å². The number of fused-ring (bicyclic) bond motifs is 1. The Hall–Kier alpha value is -2.36. The Bertz CT molecular complexity index is 688. The molecule has 0 spiro atoms. The molecule has 0 bridgehead atoms. The van der Waals surface area contributed by atoms with Crippen LogP contribution in [-0.4, -0.2) is 9.38 Å². The second-order valence-corrected chi connectivity index (χ2v) is 3.80. The van der Waals surface area contributed by atoms with Crippen molar-refractivity contribution in [3.63, 3.8) is 0 Å². The molecule has 0 aliphatic carbocycles. The van der Waals surface area contributed by atoms with Gasteiger partial charge in [0.1, 0.15) is 11.5 Å². The van der Waals surface area contributed by atoms with Crippen LogP contribution in [0.2, 0.25) is 0 Å². The van der Waals surface area contributed by atoms with Gasteiger partial charge < -0.3 is 5.73 Å². The first-order chi connectivity index (χ1) is 8.25. The summed E-state index contributed by atoms with van der Waals surface area (Å²) in [6.07, 6.45) is 3.58. The van der Waals surface area contributed by atoms with Gasteiger partial charge in [-0.2, -0.15) is 0 Å². The van der Waals surface area contributed by atoms with Crippen LogP contribution in [0.1, 0.15) is 0 Å². The minimum atomic E-state index is -0.330. The fraction of sp³-hybridized carbons (Fsp3) is 0. The van der Waals surface area contributed by atoms with Gasteiger partial charge in [0, 0.05) is 23.6 Å². The van der Waals surface area contributed by atoms with E-state index >= 15 is 0 Å². The number of nitrogens with zero attached hydrogens (tertiary/aromatic N) is 2. The molecule has 2 aromatic heterocycles. The fourth-order valence-electron chi connectivity index (χ4n) is 1.93. The van der Waals surface area contributed by atoms with E-state index < -0.39 is 0 Å². The largest absolute Gasteiger partial charge is 0.398 e. The minimum absolute atomic E-state index is 0.330. The lowest BCUT2D eigenvalue weighted by Crippen LogP contribution is -1.96. The van der Waals surface area contributed by atoms with Crippen LogP contribution in [-0.2, 0) is 0 Å². The highest BCUT2D eigenvalue weighted by Crippen LogP contribution is 2.26. The molecule has 4 heteroatoms. The Labute approximate surface area is 97.3 Å². The smallest absolute Gasteiger partial charge is 0.137 e. The molecule has 0 aliphatic heterocycles. The number of rotatable bonds is 1. The zero-order valence-electron chi connectivity index (χ0n) is 8.97. The zero-order chi connectivity index (χ0) is 11.8. The Morgan fingerprint density at radius 1 is 1.18 bits per heavy atom. The molecule has 0 amide bonds. The first-order valence-electron chi connectivity index (χ1n) is 5.23. The summed E-state index contributed by atoms with van der Waals surface area (Å²) < 4.78 is 14.9. The van der Waals surface area contributed by atoms with Crippen molar-refractivity contribution in [3.8, 4) is 11.3 Å². The van der Waals surface area contributed by atoms with Gasteiger partial charge in [-0.05, 0) is 30.3 Å². The van der Waals surface area contributed by atoms with E-state index in [0.717, 1.165) is 16.9 Å². The first-order valence-corrected chi connectivity index (χ1v) is 5.23.